The van der Waals surface area contributed by atoms with E-state index in [0.717, 1.165) is 59.2 Å². The van der Waals surface area contributed by atoms with E-state index in [4.69, 9.17) is 0 Å². The van der Waals surface area contributed by atoms with Crippen LogP contribution in [-0.4, -0.2) is 0 Å². The zero-order valence-electron chi connectivity index (χ0n) is 16.1. The molecule has 10 unspecified atom stereocenters. The van der Waals surface area contributed by atoms with Crippen molar-refractivity contribution in [3.05, 3.63) is 0 Å². The molecule has 0 radical (unpaired) electrons. The smallest absolute Gasteiger partial charge is 0.0321 e. The SMILES string of the molecule is CCC(C)CCC1CCC2C(C)CC(C)C3CCC3C3CC1C23. The van der Waals surface area contributed by atoms with Crippen LogP contribution >= 0.6 is 0 Å². The van der Waals surface area contributed by atoms with E-state index in [1.54, 1.807) is 44.9 Å². The molecule has 0 aromatic rings. The van der Waals surface area contributed by atoms with Crippen LogP contribution in [-0.2, 0) is 0 Å². The van der Waals surface area contributed by atoms with Crippen molar-refractivity contribution in [1.82, 2.24) is 0 Å². The molecule has 4 aliphatic carbocycles. The average molecular weight is 317 g/mol. The molecule has 10 atom stereocenters. The Morgan fingerprint density at radius 2 is 1.48 bits per heavy atom. The Balaban J connectivity index is 1.46. The maximum atomic E-state index is 2.62. The first-order chi connectivity index (χ1) is 11.1. The molecule has 0 aromatic heterocycles. The minimum Gasteiger partial charge on any atom is -0.0651 e. The second kappa shape index (κ2) is 6.38. The van der Waals surface area contributed by atoms with E-state index in [2.05, 4.69) is 27.7 Å². The fourth-order valence-electron chi connectivity index (χ4n) is 7.62. The third-order valence-electron chi connectivity index (χ3n) is 9.37. The first-order valence-corrected chi connectivity index (χ1v) is 11.1. The van der Waals surface area contributed by atoms with Gasteiger partial charge in [-0.3, -0.25) is 0 Å². The first-order valence-electron chi connectivity index (χ1n) is 11.1. The summed E-state index contributed by atoms with van der Waals surface area (Å²) in [5.41, 5.74) is 0. The summed E-state index contributed by atoms with van der Waals surface area (Å²) in [6.07, 6.45) is 13.9. The number of rotatable bonds is 4. The van der Waals surface area contributed by atoms with Crippen molar-refractivity contribution in [2.45, 2.75) is 85.5 Å². The molecular weight excluding hydrogens is 276 g/mol. The zero-order chi connectivity index (χ0) is 16.1. The Morgan fingerprint density at radius 1 is 0.783 bits per heavy atom. The van der Waals surface area contributed by atoms with Crippen molar-refractivity contribution in [1.29, 1.82) is 0 Å². The van der Waals surface area contributed by atoms with Crippen molar-refractivity contribution in [2.75, 3.05) is 0 Å². The Kier molecular flexibility index (Phi) is 4.57. The van der Waals surface area contributed by atoms with Gasteiger partial charge in [0.15, 0.2) is 0 Å². The molecule has 0 aromatic carbocycles. The van der Waals surface area contributed by atoms with Gasteiger partial charge < -0.3 is 0 Å². The molecule has 0 amide bonds. The van der Waals surface area contributed by atoms with Gasteiger partial charge in [0.2, 0.25) is 0 Å². The molecule has 132 valence electrons. The second-order valence-electron chi connectivity index (χ2n) is 10.3. The maximum Gasteiger partial charge on any atom is -0.0321 e. The van der Waals surface area contributed by atoms with Crippen LogP contribution in [0.15, 0.2) is 0 Å². The summed E-state index contributed by atoms with van der Waals surface area (Å²) in [7, 11) is 0. The Bertz CT molecular complexity index is 412. The summed E-state index contributed by atoms with van der Waals surface area (Å²) in [4.78, 5) is 0. The fourth-order valence-corrected chi connectivity index (χ4v) is 7.62. The zero-order valence-corrected chi connectivity index (χ0v) is 16.1. The number of hydrogen-bond donors (Lipinski definition) is 0. The molecule has 0 nitrogen and oxygen atoms in total. The molecule has 4 rings (SSSR count). The quantitative estimate of drug-likeness (QED) is 0.535. The topological polar surface area (TPSA) is 0 Å². The van der Waals surface area contributed by atoms with E-state index in [1.807, 2.05) is 0 Å². The van der Waals surface area contributed by atoms with Crippen molar-refractivity contribution in [2.24, 2.45) is 59.2 Å². The van der Waals surface area contributed by atoms with Crippen LogP contribution in [0.3, 0.4) is 0 Å². The molecular formula is C23H40. The van der Waals surface area contributed by atoms with Crippen LogP contribution in [0.2, 0.25) is 0 Å². The third kappa shape index (κ3) is 2.71. The predicted octanol–water partition coefficient (Wildman–Crippen LogP) is 6.79. The lowest BCUT2D eigenvalue weighted by Gasteiger charge is -2.64. The van der Waals surface area contributed by atoms with Crippen LogP contribution < -0.4 is 0 Å². The second-order valence-corrected chi connectivity index (χ2v) is 10.3. The van der Waals surface area contributed by atoms with Gasteiger partial charge in [0.25, 0.3) is 0 Å². The highest BCUT2D eigenvalue weighted by molar-refractivity contribution is 5.07. The molecule has 0 bridgehead atoms. The standard InChI is InChI=1S/C23H40/c1-5-14(2)6-7-17-8-9-19-16(4)12-15(3)18-10-11-20(18)22-13-21(17)23(19)22/h14-23H,5-13H2,1-4H3. The summed E-state index contributed by atoms with van der Waals surface area (Å²) >= 11 is 0. The first kappa shape index (κ1) is 16.5. The highest BCUT2D eigenvalue weighted by Gasteiger charge is 2.58. The van der Waals surface area contributed by atoms with Gasteiger partial charge in [-0.15, -0.1) is 0 Å². The third-order valence-corrected chi connectivity index (χ3v) is 9.37. The minimum atomic E-state index is 0.955. The van der Waals surface area contributed by atoms with Gasteiger partial charge in [-0.2, -0.15) is 0 Å². The van der Waals surface area contributed by atoms with Gasteiger partial charge in [0.05, 0.1) is 0 Å². The summed E-state index contributed by atoms with van der Waals surface area (Å²) < 4.78 is 0. The molecule has 23 heavy (non-hydrogen) atoms. The highest BCUT2D eigenvalue weighted by atomic mass is 14.6. The van der Waals surface area contributed by atoms with E-state index in [-0.39, 0.29) is 0 Å². The Morgan fingerprint density at radius 3 is 2.17 bits per heavy atom. The molecule has 0 heteroatoms. The van der Waals surface area contributed by atoms with Gasteiger partial charge >= 0.3 is 0 Å². The van der Waals surface area contributed by atoms with Gasteiger partial charge in [0.1, 0.15) is 0 Å². The molecule has 4 saturated carbocycles. The fraction of sp³-hybridized carbons (Fsp3) is 1.00. The molecule has 0 saturated heterocycles. The largest absolute Gasteiger partial charge is 0.0651 e. The molecule has 4 fully saturated rings. The van der Waals surface area contributed by atoms with Crippen molar-refractivity contribution >= 4 is 0 Å². The van der Waals surface area contributed by atoms with Crippen LogP contribution in [0.1, 0.15) is 85.5 Å². The van der Waals surface area contributed by atoms with Gasteiger partial charge in [-0.05, 0) is 104 Å². The van der Waals surface area contributed by atoms with Crippen molar-refractivity contribution < 1.29 is 0 Å². The minimum absolute atomic E-state index is 0.955. The van der Waals surface area contributed by atoms with Gasteiger partial charge in [-0.25, -0.2) is 0 Å². The molecule has 0 N–H and O–H groups in total. The summed E-state index contributed by atoms with van der Waals surface area (Å²) in [5.74, 6) is 10.9. The lowest BCUT2D eigenvalue weighted by Crippen LogP contribution is -2.57. The molecule has 0 aliphatic heterocycles. The maximum absolute atomic E-state index is 2.62. The van der Waals surface area contributed by atoms with Crippen molar-refractivity contribution in [3.8, 4) is 0 Å². The molecule has 0 heterocycles. The lowest BCUT2D eigenvalue weighted by atomic mass is 9.41. The van der Waals surface area contributed by atoms with E-state index < -0.39 is 0 Å². The molecule has 0 spiro atoms. The monoisotopic (exact) mass is 316 g/mol. The van der Waals surface area contributed by atoms with E-state index in [9.17, 15) is 0 Å². The van der Waals surface area contributed by atoms with Crippen LogP contribution in [0, 0.1) is 59.2 Å². The number of fused-ring (bicyclic) bond motifs is 2. The molecule has 4 aliphatic rings. The van der Waals surface area contributed by atoms with Crippen LogP contribution in [0.25, 0.3) is 0 Å². The average Bonchev–Trinajstić information content (AvgIpc) is 2.47. The summed E-state index contributed by atoms with van der Waals surface area (Å²) in [6.45, 7) is 10.0. The summed E-state index contributed by atoms with van der Waals surface area (Å²) in [5, 5.41) is 0. The lowest BCUT2D eigenvalue weighted by molar-refractivity contribution is -0.153. The van der Waals surface area contributed by atoms with Gasteiger partial charge in [-0.1, -0.05) is 40.5 Å². The highest BCUT2D eigenvalue weighted by Crippen LogP contribution is 2.65. The normalized spacial score (nSPS) is 53.0. The Labute approximate surface area is 145 Å². The van der Waals surface area contributed by atoms with Crippen molar-refractivity contribution in [3.63, 3.8) is 0 Å². The predicted molar refractivity (Wildman–Crippen MR) is 99.1 cm³/mol. The van der Waals surface area contributed by atoms with Gasteiger partial charge in [0, 0.05) is 0 Å². The summed E-state index contributed by atoms with van der Waals surface area (Å²) in [6, 6.07) is 0. The van der Waals surface area contributed by atoms with E-state index >= 15 is 0 Å². The van der Waals surface area contributed by atoms with E-state index in [0.29, 0.717) is 0 Å². The van der Waals surface area contributed by atoms with Crippen LogP contribution in [0.5, 0.6) is 0 Å². The van der Waals surface area contributed by atoms with E-state index in [1.165, 1.54) is 12.8 Å². The Hall–Kier alpha value is 0. The van der Waals surface area contributed by atoms with Crippen LogP contribution in [0.4, 0.5) is 0 Å². The number of hydrogen-bond acceptors (Lipinski definition) is 0.